The van der Waals surface area contributed by atoms with Gasteiger partial charge in [0, 0.05) is 11.2 Å². The summed E-state index contributed by atoms with van der Waals surface area (Å²) in [5.41, 5.74) is 1.01. The monoisotopic (exact) mass is 316 g/mol. The van der Waals surface area contributed by atoms with Crippen LogP contribution in [0.1, 0.15) is 25.3 Å². The molecule has 94 valence electrons. The van der Waals surface area contributed by atoms with Crippen LogP contribution in [0.4, 0.5) is 0 Å². The SMILES string of the molecule is CC(C)C(CBr)C1CS(=O)(=O)c2ccccc21. The summed E-state index contributed by atoms with van der Waals surface area (Å²) in [5.74, 6) is 1.24. The minimum Gasteiger partial charge on any atom is -0.224 e. The molecule has 0 amide bonds. The molecular formula is C13H17BrO2S. The summed E-state index contributed by atoms with van der Waals surface area (Å²) < 4.78 is 24.2. The number of alkyl halides is 1. The van der Waals surface area contributed by atoms with E-state index in [0.29, 0.717) is 16.7 Å². The van der Waals surface area contributed by atoms with Gasteiger partial charge in [0.25, 0.3) is 0 Å². The van der Waals surface area contributed by atoms with Gasteiger partial charge in [-0.05, 0) is 23.5 Å². The second-order valence-electron chi connectivity index (χ2n) is 4.99. The number of rotatable bonds is 3. The van der Waals surface area contributed by atoms with E-state index in [1.807, 2.05) is 12.1 Å². The lowest BCUT2D eigenvalue weighted by molar-refractivity contribution is 0.375. The Hall–Kier alpha value is -0.350. The maximum Gasteiger partial charge on any atom is 0.179 e. The molecule has 0 bridgehead atoms. The van der Waals surface area contributed by atoms with Crippen molar-refractivity contribution in [3.63, 3.8) is 0 Å². The van der Waals surface area contributed by atoms with Gasteiger partial charge in [0.1, 0.15) is 0 Å². The van der Waals surface area contributed by atoms with E-state index in [1.165, 1.54) is 0 Å². The normalized spacial score (nSPS) is 23.6. The molecule has 0 radical (unpaired) electrons. The van der Waals surface area contributed by atoms with Gasteiger partial charge in [-0.1, -0.05) is 48.0 Å². The highest BCUT2D eigenvalue weighted by atomic mass is 79.9. The molecule has 17 heavy (non-hydrogen) atoms. The molecule has 0 saturated carbocycles. The Labute approximate surface area is 111 Å². The van der Waals surface area contributed by atoms with Crippen molar-refractivity contribution in [2.45, 2.75) is 24.7 Å². The van der Waals surface area contributed by atoms with Gasteiger partial charge in [-0.15, -0.1) is 0 Å². The maximum absolute atomic E-state index is 12.1. The van der Waals surface area contributed by atoms with E-state index >= 15 is 0 Å². The van der Waals surface area contributed by atoms with E-state index in [4.69, 9.17) is 0 Å². The average Bonchev–Trinajstić information content (AvgIpc) is 2.53. The molecule has 2 rings (SSSR count). The first-order valence-electron chi connectivity index (χ1n) is 5.85. The summed E-state index contributed by atoms with van der Waals surface area (Å²) >= 11 is 3.52. The molecule has 1 aliphatic heterocycles. The van der Waals surface area contributed by atoms with Crippen LogP contribution in [0.25, 0.3) is 0 Å². The van der Waals surface area contributed by atoms with Crippen LogP contribution in [0, 0.1) is 11.8 Å². The Bertz CT molecular complexity index is 508. The molecule has 0 aromatic heterocycles. The highest BCUT2D eigenvalue weighted by Gasteiger charge is 2.39. The molecule has 1 aromatic carbocycles. The Balaban J connectivity index is 2.48. The summed E-state index contributed by atoms with van der Waals surface area (Å²) in [6.07, 6.45) is 0. The standard InChI is InChI=1S/C13H17BrO2S/c1-9(2)11(7-14)12-8-17(15,16)13-6-4-3-5-10(12)13/h3-6,9,11-12H,7-8H2,1-2H3. The predicted octanol–water partition coefficient (Wildman–Crippen LogP) is 3.22. The molecular weight excluding hydrogens is 300 g/mol. The van der Waals surface area contributed by atoms with Crippen LogP contribution >= 0.6 is 15.9 Å². The molecule has 1 aromatic rings. The van der Waals surface area contributed by atoms with Crippen LogP contribution in [0.2, 0.25) is 0 Å². The van der Waals surface area contributed by atoms with E-state index in [0.717, 1.165) is 10.9 Å². The quantitative estimate of drug-likeness (QED) is 0.802. The third-order valence-electron chi connectivity index (χ3n) is 3.60. The van der Waals surface area contributed by atoms with Crippen LogP contribution in [-0.2, 0) is 9.84 Å². The predicted molar refractivity (Wildman–Crippen MR) is 73.4 cm³/mol. The first kappa shape index (κ1) is 13.1. The molecule has 2 nitrogen and oxygen atoms in total. The largest absolute Gasteiger partial charge is 0.224 e. The van der Waals surface area contributed by atoms with Crippen molar-refractivity contribution < 1.29 is 8.42 Å². The van der Waals surface area contributed by atoms with E-state index in [2.05, 4.69) is 29.8 Å². The van der Waals surface area contributed by atoms with Gasteiger partial charge >= 0.3 is 0 Å². The third-order valence-corrected chi connectivity index (χ3v) is 6.19. The van der Waals surface area contributed by atoms with E-state index in [9.17, 15) is 8.42 Å². The van der Waals surface area contributed by atoms with Crippen molar-refractivity contribution in [1.29, 1.82) is 0 Å². The van der Waals surface area contributed by atoms with Crippen molar-refractivity contribution in [2.75, 3.05) is 11.1 Å². The van der Waals surface area contributed by atoms with Crippen molar-refractivity contribution in [3.05, 3.63) is 29.8 Å². The Morgan fingerprint density at radius 1 is 1.35 bits per heavy atom. The highest BCUT2D eigenvalue weighted by molar-refractivity contribution is 9.09. The van der Waals surface area contributed by atoms with Gasteiger partial charge in [-0.2, -0.15) is 0 Å². The van der Waals surface area contributed by atoms with Crippen LogP contribution in [0.5, 0.6) is 0 Å². The lowest BCUT2D eigenvalue weighted by Crippen LogP contribution is -2.21. The topological polar surface area (TPSA) is 34.1 Å². The van der Waals surface area contributed by atoms with Crippen molar-refractivity contribution in [2.24, 2.45) is 11.8 Å². The molecule has 0 saturated heterocycles. The van der Waals surface area contributed by atoms with Crippen molar-refractivity contribution in [3.8, 4) is 0 Å². The Morgan fingerprint density at radius 2 is 2.00 bits per heavy atom. The Kier molecular flexibility index (Phi) is 3.64. The first-order chi connectivity index (χ1) is 7.97. The Morgan fingerprint density at radius 3 is 2.59 bits per heavy atom. The molecule has 0 N–H and O–H groups in total. The fraction of sp³-hybridized carbons (Fsp3) is 0.538. The zero-order valence-corrected chi connectivity index (χ0v) is 12.5. The summed E-state index contributed by atoms with van der Waals surface area (Å²) in [5, 5.41) is 0.846. The molecule has 1 heterocycles. The van der Waals surface area contributed by atoms with Gasteiger partial charge in [-0.25, -0.2) is 8.42 Å². The number of halogens is 1. The van der Waals surface area contributed by atoms with E-state index in [-0.39, 0.29) is 11.7 Å². The van der Waals surface area contributed by atoms with Gasteiger partial charge < -0.3 is 0 Å². The summed E-state index contributed by atoms with van der Waals surface area (Å²) in [4.78, 5) is 0.539. The number of hydrogen-bond acceptors (Lipinski definition) is 2. The minimum absolute atomic E-state index is 0.135. The van der Waals surface area contributed by atoms with Crippen LogP contribution in [0.3, 0.4) is 0 Å². The van der Waals surface area contributed by atoms with E-state index < -0.39 is 9.84 Å². The smallest absolute Gasteiger partial charge is 0.179 e. The molecule has 0 fully saturated rings. The van der Waals surface area contributed by atoms with Crippen LogP contribution in [0.15, 0.2) is 29.2 Å². The molecule has 1 aliphatic rings. The fourth-order valence-electron chi connectivity index (χ4n) is 2.59. The zero-order chi connectivity index (χ0) is 12.6. The molecule has 4 heteroatoms. The summed E-state index contributed by atoms with van der Waals surface area (Å²) in [6, 6.07) is 7.43. The second-order valence-corrected chi connectivity index (χ2v) is 7.64. The van der Waals surface area contributed by atoms with Gasteiger partial charge in [0.05, 0.1) is 10.6 Å². The lowest BCUT2D eigenvalue weighted by atomic mass is 9.82. The second kappa shape index (κ2) is 4.73. The van der Waals surface area contributed by atoms with Gasteiger partial charge in [0.2, 0.25) is 0 Å². The molecule has 0 aliphatic carbocycles. The summed E-state index contributed by atoms with van der Waals surface area (Å²) in [6.45, 7) is 4.30. The number of benzene rings is 1. The first-order valence-corrected chi connectivity index (χ1v) is 8.62. The minimum atomic E-state index is -3.06. The summed E-state index contributed by atoms with van der Waals surface area (Å²) in [7, 11) is -3.06. The number of fused-ring (bicyclic) bond motifs is 1. The van der Waals surface area contributed by atoms with E-state index in [1.54, 1.807) is 12.1 Å². The van der Waals surface area contributed by atoms with Gasteiger partial charge in [0.15, 0.2) is 9.84 Å². The molecule has 0 spiro atoms. The van der Waals surface area contributed by atoms with Gasteiger partial charge in [-0.3, -0.25) is 0 Å². The maximum atomic E-state index is 12.1. The molecule has 2 atom stereocenters. The average molecular weight is 317 g/mol. The number of sulfone groups is 1. The van der Waals surface area contributed by atoms with Crippen molar-refractivity contribution in [1.82, 2.24) is 0 Å². The highest BCUT2D eigenvalue weighted by Crippen LogP contribution is 2.42. The molecule has 2 unspecified atom stereocenters. The van der Waals surface area contributed by atoms with Crippen LogP contribution < -0.4 is 0 Å². The lowest BCUT2D eigenvalue weighted by Gasteiger charge is -2.25. The fourth-order valence-corrected chi connectivity index (χ4v) is 5.73. The van der Waals surface area contributed by atoms with Crippen LogP contribution in [-0.4, -0.2) is 19.5 Å². The van der Waals surface area contributed by atoms with Crippen molar-refractivity contribution >= 4 is 25.8 Å². The third kappa shape index (κ3) is 2.29. The number of hydrogen-bond donors (Lipinski definition) is 0. The zero-order valence-electron chi connectivity index (χ0n) is 10.1.